The summed E-state index contributed by atoms with van der Waals surface area (Å²) in [7, 11) is 0. The molecule has 1 amide bonds. The highest BCUT2D eigenvalue weighted by atomic mass is 16.5. The van der Waals surface area contributed by atoms with Crippen LogP contribution >= 0.6 is 0 Å². The summed E-state index contributed by atoms with van der Waals surface area (Å²) >= 11 is 0. The molecule has 1 N–H and O–H groups in total. The summed E-state index contributed by atoms with van der Waals surface area (Å²) in [4.78, 5) is 21.7. The van der Waals surface area contributed by atoms with Gasteiger partial charge in [0.15, 0.2) is 0 Å². The van der Waals surface area contributed by atoms with Gasteiger partial charge < -0.3 is 10.1 Å². The van der Waals surface area contributed by atoms with Crippen LogP contribution in [-0.4, -0.2) is 24.5 Å². The minimum absolute atomic E-state index is 0.00319. The van der Waals surface area contributed by atoms with Gasteiger partial charge in [-0.3, -0.25) is 9.59 Å². The Labute approximate surface area is 71.3 Å². The van der Waals surface area contributed by atoms with E-state index in [1.807, 2.05) is 0 Å². The van der Waals surface area contributed by atoms with Gasteiger partial charge in [-0.25, -0.2) is 0 Å². The Bertz CT molecular complexity index is 191. The molecule has 1 heterocycles. The lowest BCUT2D eigenvalue weighted by Gasteiger charge is -2.07. The fourth-order valence-electron chi connectivity index (χ4n) is 1.25. The highest BCUT2D eigenvalue weighted by Crippen LogP contribution is 2.10. The number of hydrogen-bond acceptors (Lipinski definition) is 3. The molecule has 0 unspecified atom stereocenters. The molecule has 0 aromatic carbocycles. The van der Waals surface area contributed by atoms with Crippen molar-refractivity contribution in [2.45, 2.75) is 32.2 Å². The maximum atomic E-state index is 10.9. The highest BCUT2D eigenvalue weighted by molar-refractivity contribution is 5.80. The SMILES string of the molecule is CCOC(=O)C[C@@H]1CCC(=O)N1. The number of hydrogen-bond donors (Lipinski definition) is 1. The van der Waals surface area contributed by atoms with Gasteiger partial charge in [0.2, 0.25) is 5.91 Å². The Morgan fingerprint density at radius 2 is 2.50 bits per heavy atom. The first-order valence-electron chi connectivity index (χ1n) is 4.17. The van der Waals surface area contributed by atoms with Gasteiger partial charge in [0.05, 0.1) is 13.0 Å². The summed E-state index contributed by atoms with van der Waals surface area (Å²) in [5.41, 5.74) is 0. The standard InChI is InChI=1S/C8H13NO3/c1-2-12-8(11)5-6-3-4-7(10)9-6/h6H,2-5H2,1H3,(H,9,10)/t6-/m0/s1. The van der Waals surface area contributed by atoms with Gasteiger partial charge in [0, 0.05) is 12.5 Å². The zero-order chi connectivity index (χ0) is 8.97. The highest BCUT2D eigenvalue weighted by Gasteiger charge is 2.23. The minimum Gasteiger partial charge on any atom is -0.466 e. The first kappa shape index (κ1) is 9.03. The molecular weight excluding hydrogens is 158 g/mol. The molecule has 0 spiro atoms. The first-order chi connectivity index (χ1) is 5.72. The quantitative estimate of drug-likeness (QED) is 0.618. The van der Waals surface area contributed by atoms with E-state index in [0.29, 0.717) is 19.4 Å². The van der Waals surface area contributed by atoms with Crippen LogP contribution in [0, 0.1) is 0 Å². The third-order valence-corrected chi connectivity index (χ3v) is 1.80. The van der Waals surface area contributed by atoms with Crippen molar-refractivity contribution in [1.82, 2.24) is 5.32 Å². The summed E-state index contributed by atoms with van der Waals surface area (Å²) < 4.78 is 4.75. The minimum atomic E-state index is -0.232. The van der Waals surface area contributed by atoms with Gasteiger partial charge in [0.25, 0.3) is 0 Å². The molecule has 1 rings (SSSR count). The average molecular weight is 171 g/mol. The zero-order valence-corrected chi connectivity index (χ0v) is 7.13. The molecule has 0 aromatic rings. The number of carbonyl (C=O) groups excluding carboxylic acids is 2. The van der Waals surface area contributed by atoms with Crippen LogP contribution in [0.4, 0.5) is 0 Å². The Morgan fingerprint density at radius 1 is 1.75 bits per heavy atom. The van der Waals surface area contributed by atoms with Crippen LogP contribution in [0.2, 0.25) is 0 Å². The molecule has 0 radical (unpaired) electrons. The van der Waals surface area contributed by atoms with E-state index < -0.39 is 0 Å². The monoisotopic (exact) mass is 171 g/mol. The molecule has 1 aliphatic rings. The molecule has 0 aliphatic carbocycles. The third-order valence-electron chi connectivity index (χ3n) is 1.80. The fraction of sp³-hybridized carbons (Fsp3) is 0.750. The lowest BCUT2D eigenvalue weighted by Crippen LogP contribution is -2.28. The van der Waals surface area contributed by atoms with Gasteiger partial charge in [-0.1, -0.05) is 0 Å². The van der Waals surface area contributed by atoms with Crippen molar-refractivity contribution in [3.05, 3.63) is 0 Å². The molecule has 4 nitrogen and oxygen atoms in total. The van der Waals surface area contributed by atoms with Crippen LogP contribution in [0.15, 0.2) is 0 Å². The van der Waals surface area contributed by atoms with E-state index in [0.717, 1.165) is 6.42 Å². The van der Waals surface area contributed by atoms with E-state index in [1.165, 1.54) is 0 Å². The normalized spacial score (nSPS) is 22.1. The molecule has 0 aromatic heterocycles. The van der Waals surface area contributed by atoms with Gasteiger partial charge in [0.1, 0.15) is 0 Å². The van der Waals surface area contributed by atoms with Gasteiger partial charge in [-0.05, 0) is 13.3 Å². The third kappa shape index (κ3) is 2.53. The average Bonchev–Trinajstić information content (AvgIpc) is 2.36. The Morgan fingerprint density at radius 3 is 3.00 bits per heavy atom. The second kappa shape index (κ2) is 4.09. The summed E-state index contributed by atoms with van der Waals surface area (Å²) in [6.07, 6.45) is 1.58. The number of esters is 1. The Hall–Kier alpha value is -1.06. The molecule has 1 fully saturated rings. The van der Waals surface area contributed by atoms with Gasteiger partial charge >= 0.3 is 5.97 Å². The summed E-state index contributed by atoms with van der Waals surface area (Å²) in [6.45, 7) is 2.17. The van der Waals surface area contributed by atoms with Crippen LogP contribution in [0.5, 0.6) is 0 Å². The van der Waals surface area contributed by atoms with Crippen LogP contribution in [-0.2, 0) is 14.3 Å². The zero-order valence-electron chi connectivity index (χ0n) is 7.13. The van der Waals surface area contributed by atoms with Crippen LogP contribution in [0.25, 0.3) is 0 Å². The van der Waals surface area contributed by atoms with Crippen molar-refractivity contribution in [3.63, 3.8) is 0 Å². The summed E-state index contributed by atoms with van der Waals surface area (Å²) in [6, 6.07) is -0.00319. The van der Waals surface area contributed by atoms with Crippen LogP contribution in [0.3, 0.4) is 0 Å². The predicted molar refractivity (Wildman–Crippen MR) is 42.4 cm³/mol. The number of rotatable bonds is 3. The molecule has 1 atom stereocenters. The van der Waals surface area contributed by atoms with Crippen LogP contribution < -0.4 is 5.32 Å². The molecular formula is C8H13NO3. The van der Waals surface area contributed by atoms with Crippen molar-refractivity contribution in [2.24, 2.45) is 0 Å². The lowest BCUT2D eigenvalue weighted by atomic mass is 10.2. The van der Waals surface area contributed by atoms with Crippen molar-refractivity contribution < 1.29 is 14.3 Å². The van der Waals surface area contributed by atoms with E-state index in [-0.39, 0.29) is 17.9 Å². The smallest absolute Gasteiger partial charge is 0.307 e. The number of ether oxygens (including phenoxy) is 1. The van der Waals surface area contributed by atoms with E-state index in [1.54, 1.807) is 6.92 Å². The summed E-state index contributed by atoms with van der Waals surface area (Å²) in [5.74, 6) is -0.200. The number of nitrogens with one attached hydrogen (secondary N) is 1. The van der Waals surface area contributed by atoms with E-state index >= 15 is 0 Å². The molecule has 1 aliphatic heterocycles. The number of carbonyl (C=O) groups is 2. The van der Waals surface area contributed by atoms with E-state index in [2.05, 4.69) is 5.32 Å². The van der Waals surface area contributed by atoms with Crippen molar-refractivity contribution in [3.8, 4) is 0 Å². The molecule has 4 heteroatoms. The van der Waals surface area contributed by atoms with Gasteiger partial charge in [-0.15, -0.1) is 0 Å². The second-order valence-corrected chi connectivity index (χ2v) is 2.81. The maximum Gasteiger partial charge on any atom is 0.307 e. The topological polar surface area (TPSA) is 55.4 Å². The molecule has 1 saturated heterocycles. The second-order valence-electron chi connectivity index (χ2n) is 2.81. The number of amides is 1. The van der Waals surface area contributed by atoms with E-state index in [9.17, 15) is 9.59 Å². The first-order valence-corrected chi connectivity index (χ1v) is 4.17. The van der Waals surface area contributed by atoms with Crippen molar-refractivity contribution in [2.75, 3.05) is 6.61 Å². The molecule has 0 saturated carbocycles. The fourth-order valence-corrected chi connectivity index (χ4v) is 1.25. The lowest BCUT2D eigenvalue weighted by molar-refractivity contribution is -0.143. The Balaban J connectivity index is 2.23. The Kier molecular flexibility index (Phi) is 3.08. The van der Waals surface area contributed by atoms with Gasteiger partial charge in [-0.2, -0.15) is 0 Å². The van der Waals surface area contributed by atoms with Crippen LogP contribution in [0.1, 0.15) is 26.2 Å². The predicted octanol–water partition coefficient (Wildman–Crippen LogP) is 0.218. The van der Waals surface area contributed by atoms with E-state index in [4.69, 9.17) is 4.74 Å². The largest absolute Gasteiger partial charge is 0.466 e. The van der Waals surface area contributed by atoms with Crippen molar-refractivity contribution >= 4 is 11.9 Å². The molecule has 12 heavy (non-hydrogen) atoms. The summed E-state index contributed by atoms with van der Waals surface area (Å²) in [5, 5.41) is 2.70. The molecule has 0 bridgehead atoms. The maximum absolute atomic E-state index is 10.9. The molecule has 68 valence electrons. The van der Waals surface area contributed by atoms with Crippen molar-refractivity contribution in [1.29, 1.82) is 0 Å².